The number of hydrogen-bond donors (Lipinski definition) is 0. The van der Waals surface area contributed by atoms with Gasteiger partial charge in [-0.2, -0.15) is 0 Å². The third-order valence-corrected chi connectivity index (χ3v) is 7.09. The summed E-state index contributed by atoms with van der Waals surface area (Å²) in [5.74, 6) is 0.183. The number of carbonyl (C=O) groups excluding carboxylic acids is 1. The van der Waals surface area contributed by atoms with Crippen molar-refractivity contribution in [3.05, 3.63) is 63.1 Å². The molecule has 9 heteroatoms. The SMILES string of the molecule is O=C(COc1ccc(Cl)cc1)N(Cc1ccc(Cl)cc1Cl)[C@@H]1CCS(=O)(=O)C1. The molecule has 0 radical (unpaired) electrons. The van der Waals surface area contributed by atoms with Gasteiger partial charge in [-0.05, 0) is 48.4 Å². The topological polar surface area (TPSA) is 63.7 Å². The fourth-order valence-electron chi connectivity index (χ4n) is 3.03. The van der Waals surface area contributed by atoms with Gasteiger partial charge in [-0.1, -0.05) is 40.9 Å². The number of benzene rings is 2. The van der Waals surface area contributed by atoms with Gasteiger partial charge in [0.05, 0.1) is 11.5 Å². The van der Waals surface area contributed by atoms with Crippen molar-refractivity contribution in [1.82, 2.24) is 4.90 Å². The highest BCUT2D eigenvalue weighted by Crippen LogP contribution is 2.26. The minimum Gasteiger partial charge on any atom is -0.484 e. The maximum absolute atomic E-state index is 12.9. The molecule has 1 fully saturated rings. The van der Waals surface area contributed by atoms with Crippen molar-refractivity contribution < 1.29 is 17.9 Å². The molecule has 1 amide bonds. The smallest absolute Gasteiger partial charge is 0.261 e. The first-order valence-electron chi connectivity index (χ1n) is 8.56. The van der Waals surface area contributed by atoms with E-state index in [4.69, 9.17) is 39.5 Å². The largest absolute Gasteiger partial charge is 0.484 e. The van der Waals surface area contributed by atoms with Gasteiger partial charge >= 0.3 is 0 Å². The standard InChI is InChI=1S/C19H18Cl3NO4S/c20-14-3-5-17(6-4-14)27-11-19(24)23(16-7-8-28(25,26)12-16)10-13-1-2-15(21)9-18(13)22/h1-6,9,16H,7-8,10-12H2/t16-/m1/s1. The quantitative estimate of drug-likeness (QED) is 0.644. The van der Waals surface area contributed by atoms with Gasteiger partial charge in [-0.25, -0.2) is 8.42 Å². The summed E-state index contributed by atoms with van der Waals surface area (Å²) in [4.78, 5) is 14.4. The summed E-state index contributed by atoms with van der Waals surface area (Å²) < 4.78 is 29.4. The van der Waals surface area contributed by atoms with Crippen molar-refractivity contribution in [1.29, 1.82) is 0 Å². The minimum atomic E-state index is -3.16. The maximum atomic E-state index is 12.9. The average Bonchev–Trinajstić information content (AvgIpc) is 3.00. The number of carbonyl (C=O) groups is 1. The van der Waals surface area contributed by atoms with E-state index in [1.54, 1.807) is 42.5 Å². The first-order chi connectivity index (χ1) is 13.2. The second-order valence-electron chi connectivity index (χ2n) is 6.56. The molecule has 1 saturated heterocycles. The number of nitrogens with zero attached hydrogens (tertiary/aromatic N) is 1. The molecular formula is C19H18Cl3NO4S. The minimum absolute atomic E-state index is 0.0633. The van der Waals surface area contributed by atoms with Crippen LogP contribution in [0.1, 0.15) is 12.0 Å². The Morgan fingerprint density at radius 1 is 1.07 bits per heavy atom. The summed E-state index contributed by atoms with van der Waals surface area (Å²) in [7, 11) is -3.16. The van der Waals surface area contributed by atoms with E-state index in [-0.39, 0.29) is 30.6 Å². The monoisotopic (exact) mass is 461 g/mol. The van der Waals surface area contributed by atoms with Crippen LogP contribution in [-0.4, -0.2) is 43.4 Å². The third kappa shape index (κ3) is 5.54. The van der Waals surface area contributed by atoms with Gasteiger partial charge in [0.2, 0.25) is 0 Å². The van der Waals surface area contributed by atoms with Gasteiger partial charge in [0.1, 0.15) is 5.75 Å². The summed E-state index contributed by atoms with van der Waals surface area (Å²) in [5, 5.41) is 1.47. The van der Waals surface area contributed by atoms with Crippen LogP contribution in [0.2, 0.25) is 15.1 Å². The van der Waals surface area contributed by atoms with Crippen molar-refractivity contribution in [2.75, 3.05) is 18.1 Å². The number of rotatable bonds is 6. The molecule has 0 aliphatic carbocycles. The molecule has 1 atom stereocenters. The Hall–Kier alpha value is -1.47. The van der Waals surface area contributed by atoms with Gasteiger partial charge in [-0.15, -0.1) is 0 Å². The Bertz CT molecular complexity index is 964. The number of hydrogen-bond acceptors (Lipinski definition) is 4. The summed E-state index contributed by atoms with van der Waals surface area (Å²) >= 11 is 18.0. The number of amides is 1. The maximum Gasteiger partial charge on any atom is 0.261 e. The van der Waals surface area contributed by atoms with Gasteiger partial charge in [-0.3, -0.25) is 4.79 Å². The molecule has 0 N–H and O–H groups in total. The Morgan fingerprint density at radius 2 is 1.75 bits per heavy atom. The van der Waals surface area contributed by atoms with Crippen molar-refractivity contribution in [3.63, 3.8) is 0 Å². The lowest BCUT2D eigenvalue weighted by Gasteiger charge is -2.29. The normalized spacial score (nSPS) is 18.0. The fourth-order valence-corrected chi connectivity index (χ4v) is 5.36. The van der Waals surface area contributed by atoms with E-state index >= 15 is 0 Å². The summed E-state index contributed by atoms with van der Waals surface area (Å²) in [6.07, 6.45) is 0.389. The lowest BCUT2D eigenvalue weighted by atomic mass is 10.1. The zero-order chi connectivity index (χ0) is 20.3. The highest BCUT2D eigenvalue weighted by molar-refractivity contribution is 7.91. The number of ether oxygens (including phenoxy) is 1. The molecule has 0 spiro atoms. The van der Waals surface area contributed by atoms with Gasteiger partial charge in [0.25, 0.3) is 5.91 Å². The lowest BCUT2D eigenvalue weighted by Crippen LogP contribution is -2.43. The molecule has 3 rings (SSSR count). The van der Waals surface area contributed by atoms with E-state index < -0.39 is 15.9 Å². The van der Waals surface area contributed by atoms with Crippen LogP contribution in [0.4, 0.5) is 0 Å². The zero-order valence-corrected chi connectivity index (χ0v) is 17.9. The molecular weight excluding hydrogens is 445 g/mol. The van der Waals surface area contributed by atoms with Crippen LogP contribution in [-0.2, 0) is 21.2 Å². The first kappa shape index (κ1) is 21.2. The van der Waals surface area contributed by atoms with E-state index in [1.807, 2.05) is 0 Å². The first-order valence-corrected chi connectivity index (χ1v) is 11.5. The van der Waals surface area contributed by atoms with Gasteiger partial charge in [0, 0.05) is 27.7 Å². The predicted octanol–water partition coefficient (Wildman–Crippen LogP) is 4.24. The highest BCUT2D eigenvalue weighted by Gasteiger charge is 2.35. The zero-order valence-electron chi connectivity index (χ0n) is 14.8. The van der Waals surface area contributed by atoms with Crippen LogP contribution >= 0.6 is 34.8 Å². The Morgan fingerprint density at radius 3 is 2.36 bits per heavy atom. The van der Waals surface area contributed by atoms with Crippen LogP contribution in [0.3, 0.4) is 0 Å². The van der Waals surface area contributed by atoms with E-state index in [9.17, 15) is 13.2 Å². The Balaban J connectivity index is 1.76. The van der Waals surface area contributed by atoms with Crippen molar-refractivity contribution in [2.45, 2.75) is 19.0 Å². The molecule has 2 aromatic rings. The number of halogens is 3. The molecule has 0 aromatic heterocycles. The highest BCUT2D eigenvalue weighted by atomic mass is 35.5. The summed E-state index contributed by atoms with van der Waals surface area (Å²) in [6, 6.07) is 11.2. The molecule has 28 heavy (non-hydrogen) atoms. The van der Waals surface area contributed by atoms with Crippen LogP contribution in [0.15, 0.2) is 42.5 Å². The van der Waals surface area contributed by atoms with E-state index in [2.05, 4.69) is 0 Å². The fraction of sp³-hybridized carbons (Fsp3) is 0.316. The second-order valence-corrected chi connectivity index (χ2v) is 10.1. The van der Waals surface area contributed by atoms with Crippen LogP contribution in [0.5, 0.6) is 5.75 Å². The molecule has 2 aromatic carbocycles. The van der Waals surface area contributed by atoms with Gasteiger partial charge in [0.15, 0.2) is 16.4 Å². The lowest BCUT2D eigenvalue weighted by molar-refractivity contribution is -0.136. The van der Waals surface area contributed by atoms with Gasteiger partial charge < -0.3 is 9.64 Å². The molecule has 150 valence electrons. The summed E-state index contributed by atoms with van der Waals surface area (Å²) in [6.45, 7) is -0.0393. The third-order valence-electron chi connectivity index (χ3n) is 4.50. The van der Waals surface area contributed by atoms with Crippen LogP contribution in [0.25, 0.3) is 0 Å². The Kier molecular flexibility index (Phi) is 6.76. The van der Waals surface area contributed by atoms with Crippen molar-refractivity contribution in [3.8, 4) is 5.75 Å². The predicted molar refractivity (Wildman–Crippen MR) is 111 cm³/mol. The van der Waals surface area contributed by atoms with Crippen molar-refractivity contribution in [2.24, 2.45) is 0 Å². The average molecular weight is 463 g/mol. The van der Waals surface area contributed by atoms with Crippen molar-refractivity contribution >= 4 is 50.5 Å². The molecule has 0 bridgehead atoms. The second kappa shape index (κ2) is 8.91. The molecule has 1 aliphatic heterocycles. The molecule has 0 unspecified atom stereocenters. The Labute approximate surface area is 179 Å². The number of sulfone groups is 1. The molecule has 5 nitrogen and oxygen atoms in total. The van der Waals surface area contributed by atoms with E-state index in [0.29, 0.717) is 32.8 Å². The summed E-state index contributed by atoms with van der Waals surface area (Å²) in [5.41, 5.74) is 0.690. The van der Waals surface area contributed by atoms with Crippen LogP contribution < -0.4 is 4.74 Å². The van der Waals surface area contributed by atoms with E-state index in [1.165, 1.54) is 4.90 Å². The molecule has 1 heterocycles. The molecule has 1 aliphatic rings. The van der Waals surface area contributed by atoms with E-state index in [0.717, 1.165) is 0 Å². The molecule has 0 saturated carbocycles. The van der Waals surface area contributed by atoms with Crippen LogP contribution in [0, 0.1) is 0 Å².